The zero-order valence-corrected chi connectivity index (χ0v) is 7.23. The summed E-state index contributed by atoms with van der Waals surface area (Å²) in [6.45, 7) is 4.09. The predicted octanol–water partition coefficient (Wildman–Crippen LogP) is -0.0256. The van der Waals surface area contributed by atoms with Crippen LogP contribution in [0.3, 0.4) is 0 Å². The molecule has 1 atom stereocenters. The normalized spacial score (nSPS) is 25.4. The first-order valence-corrected chi connectivity index (χ1v) is 4.36. The van der Waals surface area contributed by atoms with Gasteiger partial charge in [0.15, 0.2) is 0 Å². The second-order valence-electron chi connectivity index (χ2n) is 2.99. The molecule has 0 amide bonds. The monoisotopic (exact) mass is 158 g/mol. The Balaban J connectivity index is 1.96. The minimum atomic E-state index is 0.666. The molecule has 11 heavy (non-hydrogen) atoms. The third-order valence-corrected chi connectivity index (χ3v) is 2.04. The smallest absolute Gasteiger partial charge is 0.0587 e. The Morgan fingerprint density at radius 1 is 1.64 bits per heavy atom. The van der Waals surface area contributed by atoms with Gasteiger partial charge in [0.25, 0.3) is 0 Å². The van der Waals surface area contributed by atoms with Gasteiger partial charge < -0.3 is 15.4 Å². The third-order valence-electron chi connectivity index (χ3n) is 2.04. The van der Waals surface area contributed by atoms with Crippen LogP contribution in [-0.2, 0) is 4.74 Å². The Morgan fingerprint density at radius 3 is 3.18 bits per heavy atom. The summed E-state index contributed by atoms with van der Waals surface area (Å²) in [6.07, 6.45) is 2.60. The highest BCUT2D eigenvalue weighted by molar-refractivity contribution is 4.74. The second kappa shape index (κ2) is 5.52. The highest BCUT2D eigenvalue weighted by atomic mass is 16.5. The summed E-state index contributed by atoms with van der Waals surface area (Å²) in [5, 5.41) is 6.79. The van der Waals surface area contributed by atoms with Gasteiger partial charge in [-0.1, -0.05) is 0 Å². The minimum Gasteiger partial charge on any atom is -0.383 e. The van der Waals surface area contributed by atoms with Crippen LogP contribution in [0.1, 0.15) is 12.8 Å². The first kappa shape index (κ1) is 8.97. The lowest BCUT2D eigenvalue weighted by Crippen LogP contribution is -2.44. The molecule has 1 unspecified atom stereocenters. The summed E-state index contributed by atoms with van der Waals surface area (Å²) in [7, 11) is 1.74. The predicted molar refractivity (Wildman–Crippen MR) is 45.8 cm³/mol. The lowest BCUT2D eigenvalue weighted by Gasteiger charge is -2.23. The van der Waals surface area contributed by atoms with Crippen molar-refractivity contribution < 1.29 is 4.74 Å². The van der Waals surface area contributed by atoms with E-state index in [-0.39, 0.29) is 0 Å². The summed E-state index contributed by atoms with van der Waals surface area (Å²) in [5.41, 5.74) is 0. The molecule has 1 rings (SSSR count). The second-order valence-corrected chi connectivity index (χ2v) is 2.99. The van der Waals surface area contributed by atoms with Crippen LogP contribution in [0.2, 0.25) is 0 Å². The number of hydrogen-bond acceptors (Lipinski definition) is 3. The molecule has 66 valence electrons. The first-order chi connectivity index (χ1) is 5.43. The van der Waals surface area contributed by atoms with Crippen molar-refractivity contribution in [3.05, 3.63) is 0 Å². The van der Waals surface area contributed by atoms with E-state index in [1.54, 1.807) is 7.11 Å². The van der Waals surface area contributed by atoms with Gasteiger partial charge in [-0.25, -0.2) is 0 Å². The number of nitrogens with one attached hydrogen (secondary N) is 2. The molecule has 1 aliphatic heterocycles. The fourth-order valence-corrected chi connectivity index (χ4v) is 1.39. The van der Waals surface area contributed by atoms with Crippen molar-refractivity contribution >= 4 is 0 Å². The summed E-state index contributed by atoms with van der Waals surface area (Å²) >= 11 is 0. The molecule has 3 nitrogen and oxygen atoms in total. The van der Waals surface area contributed by atoms with Gasteiger partial charge in [0.1, 0.15) is 0 Å². The summed E-state index contributed by atoms with van der Waals surface area (Å²) in [4.78, 5) is 0. The van der Waals surface area contributed by atoms with Crippen LogP contribution < -0.4 is 10.6 Å². The van der Waals surface area contributed by atoms with Gasteiger partial charge in [-0.05, 0) is 19.4 Å². The molecule has 0 aromatic carbocycles. The Morgan fingerprint density at radius 2 is 2.55 bits per heavy atom. The Labute approximate surface area is 68.5 Å². The number of piperidine rings is 1. The topological polar surface area (TPSA) is 33.3 Å². The van der Waals surface area contributed by atoms with Gasteiger partial charge in [-0.15, -0.1) is 0 Å². The van der Waals surface area contributed by atoms with E-state index in [1.165, 1.54) is 19.4 Å². The Bertz CT molecular complexity index is 92.1. The van der Waals surface area contributed by atoms with Gasteiger partial charge in [0, 0.05) is 26.2 Å². The maximum atomic E-state index is 4.95. The zero-order chi connectivity index (χ0) is 7.94. The Hall–Kier alpha value is -0.120. The van der Waals surface area contributed by atoms with E-state index in [0.717, 1.165) is 19.7 Å². The Kier molecular flexibility index (Phi) is 4.50. The molecule has 1 aliphatic rings. The lowest BCUT2D eigenvalue weighted by molar-refractivity contribution is 0.193. The highest BCUT2D eigenvalue weighted by Gasteiger charge is 2.10. The number of rotatable bonds is 4. The van der Waals surface area contributed by atoms with E-state index < -0.39 is 0 Å². The fourth-order valence-electron chi connectivity index (χ4n) is 1.39. The van der Waals surface area contributed by atoms with Gasteiger partial charge >= 0.3 is 0 Å². The van der Waals surface area contributed by atoms with E-state index in [1.807, 2.05) is 0 Å². The summed E-state index contributed by atoms with van der Waals surface area (Å²) in [5.74, 6) is 0. The number of methoxy groups -OCH3 is 1. The molecule has 1 heterocycles. The van der Waals surface area contributed by atoms with Crippen LogP contribution in [0.15, 0.2) is 0 Å². The molecule has 1 fully saturated rings. The molecule has 0 saturated carbocycles. The zero-order valence-electron chi connectivity index (χ0n) is 7.23. The highest BCUT2D eigenvalue weighted by Crippen LogP contribution is 1.99. The molecular formula is C8H18N2O. The molecule has 3 heteroatoms. The average Bonchev–Trinajstić information content (AvgIpc) is 2.07. The maximum absolute atomic E-state index is 4.95. The van der Waals surface area contributed by atoms with E-state index in [2.05, 4.69) is 10.6 Å². The van der Waals surface area contributed by atoms with Crippen molar-refractivity contribution in [1.82, 2.24) is 10.6 Å². The van der Waals surface area contributed by atoms with Crippen molar-refractivity contribution in [3.8, 4) is 0 Å². The molecule has 0 aromatic rings. The summed E-state index contributed by atoms with van der Waals surface area (Å²) in [6, 6.07) is 0.666. The van der Waals surface area contributed by atoms with Gasteiger partial charge in [-0.3, -0.25) is 0 Å². The van der Waals surface area contributed by atoms with Gasteiger partial charge in [0.2, 0.25) is 0 Å². The van der Waals surface area contributed by atoms with Gasteiger partial charge in [-0.2, -0.15) is 0 Å². The molecule has 1 saturated heterocycles. The van der Waals surface area contributed by atoms with Crippen molar-refractivity contribution in [2.45, 2.75) is 18.9 Å². The van der Waals surface area contributed by atoms with Crippen LogP contribution >= 0.6 is 0 Å². The number of ether oxygens (including phenoxy) is 1. The first-order valence-electron chi connectivity index (χ1n) is 4.36. The quantitative estimate of drug-likeness (QED) is 0.564. The third kappa shape index (κ3) is 3.70. The van der Waals surface area contributed by atoms with E-state index in [4.69, 9.17) is 4.74 Å². The van der Waals surface area contributed by atoms with Crippen LogP contribution in [0, 0.1) is 0 Å². The molecule has 0 aromatic heterocycles. The van der Waals surface area contributed by atoms with Crippen LogP contribution in [-0.4, -0.2) is 39.4 Å². The molecule has 0 bridgehead atoms. The van der Waals surface area contributed by atoms with Crippen LogP contribution in [0.4, 0.5) is 0 Å². The lowest BCUT2D eigenvalue weighted by atomic mass is 10.1. The SMILES string of the molecule is COCCNC1CCCNC1. The molecule has 0 radical (unpaired) electrons. The summed E-state index contributed by atoms with van der Waals surface area (Å²) < 4.78 is 4.95. The standard InChI is InChI=1S/C8H18N2O/c1-11-6-5-10-8-3-2-4-9-7-8/h8-10H,2-7H2,1H3. The van der Waals surface area contributed by atoms with E-state index in [9.17, 15) is 0 Å². The van der Waals surface area contributed by atoms with Crippen molar-refractivity contribution in [2.24, 2.45) is 0 Å². The largest absolute Gasteiger partial charge is 0.383 e. The average molecular weight is 158 g/mol. The minimum absolute atomic E-state index is 0.666. The molecule has 0 spiro atoms. The van der Waals surface area contributed by atoms with Crippen LogP contribution in [0.25, 0.3) is 0 Å². The maximum Gasteiger partial charge on any atom is 0.0587 e. The van der Waals surface area contributed by atoms with Crippen LogP contribution in [0.5, 0.6) is 0 Å². The molecule has 0 aliphatic carbocycles. The van der Waals surface area contributed by atoms with Gasteiger partial charge in [0.05, 0.1) is 6.61 Å². The molecular weight excluding hydrogens is 140 g/mol. The number of hydrogen-bond donors (Lipinski definition) is 2. The van der Waals surface area contributed by atoms with Crippen molar-refractivity contribution in [2.75, 3.05) is 33.4 Å². The van der Waals surface area contributed by atoms with Crippen molar-refractivity contribution in [3.63, 3.8) is 0 Å². The molecule has 2 N–H and O–H groups in total. The fraction of sp³-hybridized carbons (Fsp3) is 1.00. The van der Waals surface area contributed by atoms with Crippen molar-refractivity contribution in [1.29, 1.82) is 0 Å². The van der Waals surface area contributed by atoms with E-state index in [0.29, 0.717) is 6.04 Å². The van der Waals surface area contributed by atoms with E-state index >= 15 is 0 Å².